The van der Waals surface area contributed by atoms with Gasteiger partial charge in [0.15, 0.2) is 0 Å². The molecule has 4 nitrogen and oxygen atoms in total. The summed E-state index contributed by atoms with van der Waals surface area (Å²) in [6, 6.07) is 4.82. The molecular formula is C11H15NO3S. The molecule has 0 aromatic heterocycles. The predicted molar refractivity (Wildman–Crippen MR) is 61.9 cm³/mol. The van der Waals surface area contributed by atoms with E-state index in [2.05, 4.69) is 0 Å². The lowest BCUT2D eigenvalue weighted by Gasteiger charge is -2.14. The van der Waals surface area contributed by atoms with Gasteiger partial charge in [0.05, 0.1) is 5.69 Å². The first-order valence-electron chi connectivity index (χ1n) is 5.36. The molecule has 1 aliphatic rings. The van der Waals surface area contributed by atoms with Crippen LogP contribution in [0.4, 0.5) is 5.69 Å². The van der Waals surface area contributed by atoms with E-state index in [1.165, 1.54) is 6.07 Å². The Morgan fingerprint density at radius 1 is 1.25 bits per heavy atom. The molecule has 0 heterocycles. The van der Waals surface area contributed by atoms with Crippen LogP contribution >= 0.6 is 0 Å². The van der Waals surface area contributed by atoms with Crippen molar-refractivity contribution in [3.63, 3.8) is 0 Å². The lowest BCUT2D eigenvalue weighted by molar-refractivity contribution is 0.483. The molecule has 0 atom stereocenters. The number of rotatable bonds is 2. The second-order valence-electron chi connectivity index (χ2n) is 4.22. The van der Waals surface area contributed by atoms with Crippen LogP contribution < -0.4 is 5.73 Å². The lowest BCUT2D eigenvalue weighted by atomic mass is 9.96. The van der Waals surface area contributed by atoms with E-state index in [0.29, 0.717) is 5.92 Å². The van der Waals surface area contributed by atoms with E-state index in [1.54, 1.807) is 6.07 Å². The zero-order chi connectivity index (χ0) is 11.8. The molecule has 1 aromatic carbocycles. The Bertz CT molecular complexity index is 490. The maximum Gasteiger partial charge on any atom is 0.296 e. The number of hydrogen-bond donors (Lipinski definition) is 2. The van der Waals surface area contributed by atoms with Gasteiger partial charge in [0, 0.05) is 0 Å². The molecule has 0 unspecified atom stereocenters. The van der Waals surface area contributed by atoms with Crippen molar-refractivity contribution >= 4 is 15.8 Å². The summed E-state index contributed by atoms with van der Waals surface area (Å²) < 4.78 is 31.2. The number of benzene rings is 1. The Hall–Kier alpha value is -1.07. The van der Waals surface area contributed by atoms with E-state index in [9.17, 15) is 8.42 Å². The van der Waals surface area contributed by atoms with Crippen LogP contribution in [-0.2, 0) is 10.1 Å². The number of nitrogen functional groups attached to an aromatic ring is 1. The Morgan fingerprint density at radius 2 is 1.88 bits per heavy atom. The highest BCUT2D eigenvalue weighted by molar-refractivity contribution is 7.86. The Kier molecular flexibility index (Phi) is 2.90. The third kappa shape index (κ3) is 2.05. The molecule has 3 N–H and O–H groups in total. The van der Waals surface area contributed by atoms with Crippen LogP contribution in [0.25, 0.3) is 0 Å². The second-order valence-corrected chi connectivity index (χ2v) is 5.61. The highest BCUT2D eigenvalue weighted by atomic mass is 32.2. The van der Waals surface area contributed by atoms with Crippen LogP contribution in [0.5, 0.6) is 0 Å². The van der Waals surface area contributed by atoms with Crippen molar-refractivity contribution in [1.82, 2.24) is 0 Å². The van der Waals surface area contributed by atoms with Gasteiger partial charge in [0.1, 0.15) is 4.90 Å². The van der Waals surface area contributed by atoms with Gasteiger partial charge in [-0.15, -0.1) is 0 Å². The van der Waals surface area contributed by atoms with Gasteiger partial charge < -0.3 is 5.73 Å². The molecule has 0 bridgehead atoms. The fourth-order valence-corrected chi connectivity index (χ4v) is 3.03. The van der Waals surface area contributed by atoms with E-state index < -0.39 is 10.1 Å². The Morgan fingerprint density at radius 3 is 2.44 bits per heavy atom. The van der Waals surface area contributed by atoms with Gasteiger partial charge in [-0.3, -0.25) is 4.55 Å². The highest BCUT2D eigenvalue weighted by Gasteiger charge is 2.23. The molecule has 1 aromatic rings. The fraction of sp³-hybridized carbons (Fsp3) is 0.455. The maximum atomic E-state index is 11.1. The van der Waals surface area contributed by atoms with Crippen LogP contribution in [0.1, 0.15) is 37.2 Å². The van der Waals surface area contributed by atoms with Crippen LogP contribution in [0.3, 0.4) is 0 Å². The van der Waals surface area contributed by atoms with E-state index in [0.717, 1.165) is 31.2 Å². The summed E-state index contributed by atoms with van der Waals surface area (Å²) in [5, 5.41) is 0. The third-order valence-corrected chi connectivity index (χ3v) is 4.08. The molecule has 0 amide bonds. The molecule has 1 fully saturated rings. The van der Waals surface area contributed by atoms with Gasteiger partial charge in [0.25, 0.3) is 10.1 Å². The van der Waals surface area contributed by atoms with Gasteiger partial charge in [-0.1, -0.05) is 25.0 Å². The zero-order valence-electron chi connectivity index (χ0n) is 8.89. The van der Waals surface area contributed by atoms with Crippen LogP contribution in [0.15, 0.2) is 23.1 Å². The van der Waals surface area contributed by atoms with Crippen LogP contribution in [0, 0.1) is 0 Å². The van der Waals surface area contributed by atoms with Crippen molar-refractivity contribution in [2.45, 2.75) is 36.5 Å². The minimum absolute atomic E-state index is 0.170. The predicted octanol–water partition coefficient (Wildman–Crippen LogP) is 2.17. The minimum atomic E-state index is -4.21. The summed E-state index contributed by atoms with van der Waals surface area (Å²) >= 11 is 0. The molecule has 0 aliphatic heterocycles. The summed E-state index contributed by atoms with van der Waals surface area (Å²) in [6.45, 7) is 0. The Balaban J connectivity index is 2.48. The zero-order valence-corrected chi connectivity index (χ0v) is 9.70. The smallest absolute Gasteiger partial charge is 0.296 e. The molecule has 2 rings (SSSR count). The van der Waals surface area contributed by atoms with Crippen molar-refractivity contribution in [2.75, 3.05) is 5.73 Å². The summed E-state index contributed by atoms with van der Waals surface area (Å²) in [5.41, 5.74) is 6.87. The molecule has 88 valence electrons. The van der Waals surface area contributed by atoms with Crippen molar-refractivity contribution in [2.24, 2.45) is 0 Å². The molecule has 0 saturated heterocycles. The van der Waals surface area contributed by atoms with E-state index in [-0.39, 0.29) is 10.6 Å². The SMILES string of the molecule is Nc1c(C2CCCC2)cccc1S(=O)(=O)O. The lowest BCUT2D eigenvalue weighted by Crippen LogP contribution is -2.07. The standard InChI is InChI=1S/C11H15NO3S/c12-11-9(8-4-1-2-5-8)6-3-7-10(11)16(13,14)15/h3,6-8H,1-2,4-5,12H2,(H,13,14,15). The average molecular weight is 241 g/mol. The third-order valence-electron chi connectivity index (χ3n) is 3.17. The van der Waals surface area contributed by atoms with E-state index in [4.69, 9.17) is 10.3 Å². The molecule has 1 aliphatic carbocycles. The van der Waals surface area contributed by atoms with Gasteiger partial charge in [-0.2, -0.15) is 8.42 Å². The monoisotopic (exact) mass is 241 g/mol. The topological polar surface area (TPSA) is 80.4 Å². The van der Waals surface area contributed by atoms with E-state index in [1.807, 2.05) is 6.07 Å². The Labute approximate surface area is 95.2 Å². The number of anilines is 1. The van der Waals surface area contributed by atoms with Gasteiger partial charge in [-0.25, -0.2) is 0 Å². The van der Waals surface area contributed by atoms with Crippen LogP contribution in [0.2, 0.25) is 0 Å². The highest BCUT2D eigenvalue weighted by Crippen LogP contribution is 2.38. The van der Waals surface area contributed by atoms with E-state index >= 15 is 0 Å². The molecule has 5 heteroatoms. The summed E-state index contributed by atoms with van der Waals surface area (Å²) in [4.78, 5) is -0.170. The first-order chi connectivity index (χ1) is 7.50. The summed E-state index contributed by atoms with van der Waals surface area (Å²) in [5.74, 6) is 0.335. The number of hydrogen-bond acceptors (Lipinski definition) is 3. The molecule has 16 heavy (non-hydrogen) atoms. The molecule has 1 saturated carbocycles. The maximum absolute atomic E-state index is 11.1. The summed E-state index contributed by atoms with van der Waals surface area (Å²) in [7, 11) is -4.21. The van der Waals surface area contributed by atoms with Gasteiger partial charge >= 0.3 is 0 Å². The normalized spacial score (nSPS) is 17.8. The molecular weight excluding hydrogens is 226 g/mol. The first-order valence-corrected chi connectivity index (χ1v) is 6.80. The summed E-state index contributed by atoms with van der Waals surface area (Å²) in [6.07, 6.45) is 4.39. The quantitative estimate of drug-likeness (QED) is 0.614. The molecule has 0 spiro atoms. The first kappa shape index (κ1) is 11.4. The second kappa shape index (κ2) is 4.07. The van der Waals surface area contributed by atoms with Crippen LogP contribution in [-0.4, -0.2) is 13.0 Å². The molecule has 0 radical (unpaired) electrons. The fourth-order valence-electron chi connectivity index (χ4n) is 2.38. The number of para-hydroxylation sites is 1. The largest absolute Gasteiger partial charge is 0.397 e. The van der Waals surface area contributed by atoms with Crippen molar-refractivity contribution in [3.05, 3.63) is 23.8 Å². The average Bonchev–Trinajstić information content (AvgIpc) is 2.69. The minimum Gasteiger partial charge on any atom is -0.397 e. The van der Waals surface area contributed by atoms with Crippen molar-refractivity contribution in [1.29, 1.82) is 0 Å². The number of nitrogens with two attached hydrogens (primary N) is 1. The van der Waals surface area contributed by atoms with Crippen molar-refractivity contribution in [3.8, 4) is 0 Å². The van der Waals surface area contributed by atoms with Gasteiger partial charge in [0.2, 0.25) is 0 Å². The van der Waals surface area contributed by atoms with Gasteiger partial charge in [-0.05, 0) is 30.4 Å². The van der Waals surface area contributed by atoms with Crippen molar-refractivity contribution < 1.29 is 13.0 Å².